The number of carbonyl (C=O) groups excluding carboxylic acids is 2. The lowest BCUT2D eigenvalue weighted by molar-refractivity contribution is -0.118. The summed E-state index contributed by atoms with van der Waals surface area (Å²) in [5.41, 5.74) is 0.335. The third kappa shape index (κ3) is 4.52. The van der Waals surface area contributed by atoms with Crippen LogP contribution in [0.4, 0.5) is 5.13 Å². The van der Waals surface area contributed by atoms with E-state index in [0.29, 0.717) is 15.7 Å². The Bertz CT molecular complexity index is 732. The molecule has 0 spiro atoms. The zero-order valence-electron chi connectivity index (χ0n) is 13.7. The van der Waals surface area contributed by atoms with Crippen molar-refractivity contribution in [2.24, 2.45) is 5.92 Å². The lowest BCUT2D eigenvalue weighted by Crippen LogP contribution is -2.47. The number of benzene rings is 1. The van der Waals surface area contributed by atoms with E-state index >= 15 is 0 Å². The number of nitrogens with one attached hydrogen (secondary N) is 2. The number of amides is 2. The fraction of sp³-hybridized carbons (Fsp3) is 0.375. The molecule has 0 bridgehead atoms. The number of aromatic nitrogens is 2. The SMILES string of the molecule is CCc1nnc(NC(=O)[C@H](NC(=O)c2ccccc2Cl)C(C)C)s1. The van der Waals surface area contributed by atoms with Crippen molar-refractivity contribution in [1.29, 1.82) is 0 Å². The summed E-state index contributed by atoms with van der Waals surface area (Å²) in [4.78, 5) is 24.9. The molecule has 1 aromatic heterocycles. The van der Waals surface area contributed by atoms with Crippen molar-refractivity contribution in [2.45, 2.75) is 33.2 Å². The van der Waals surface area contributed by atoms with E-state index in [1.54, 1.807) is 24.3 Å². The van der Waals surface area contributed by atoms with Crippen LogP contribution < -0.4 is 10.6 Å². The highest BCUT2D eigenvalue weighted by atomic mass is 35.5. The molecule has 1 heterocycles. The number of rotatable bonds is 6. The number of hydrogen-bond acceptors (Lipinski definition) is 5. The Morgan fingerprint density at radius 2 is 1.96 bits per heavy atom. The molecule has 0 saturated carbocycles. The smallest absolute Gasteiger partial charge is 0.253 e. The maximum absolute atomic E-state index is 12.5. The van der Waals surface area contributed by atoms with Crippen LogP contribution in [0, 0.1) is 5.92 Å². The quantitative estimate of drug-likeness (QED) is 0.822. The highest BCUT2D eigenvalue weighted by molar-refractivity contribution is 7.15. The minimum Gasteiger partial charge on any atom is -0.340 e. The maximum atomic E-state index is 12.5. The summed E-state index contributed by atoms with van der Waals surface area (Å²) in [6.07, 6.45) is 0.754. The van der Waals surface area contributed by atoms with E-state index in [-0.39, 0.29) is 17.7 Å². The van der Waals surface area contributed by atoms with Crippen LogP contribution in [0.25, 0.3) is 0 Å². The molecule has 8 heteroatoms. The molecule has 128 valence electrons. The van der Waals surface area contributed by atoms with Crippen molar-refractivity contribution in [1.82, 2.24) is 15.5 Å². The molecule has 0 fully saturated rings. The van der Waals surface area contributed by atoms with E-state index in [2.05, 4.69) is 20.8 Å². The van der Waals surface area contributed by atoms with Crippen LogP contribution in [0.15, 0.2) is 24.3 Å². The van der Waals surface area contributed by atoms with E-state index < -0.39 is 6.04 Å². The third-order valence-electron chi connectivity index (χ3n) is 3.35. The summed E-state index contributed by atoms with van der Waals surface area (Å²) >= 11 is 7.35. The van der Waals surface area contributed by atoms with Crippen molar-refractivity contribution < 1.29 is 9.59 Å². The monoisotopic (exact) mass is 366 g/mol. The van der Waals surface area contributed by atoms with Crippen LogP contribution in [0.2, 0.25) is 5.02 Å². The molecule has 2 rings (SSSR count). The molecule has 2 amide bonds. The number of carbonyl (C=O) groups is 2. The zero-order valence-corrected chi connectivity index (χ0v) is 15.2. The number of anilines is 1. The van der Waals surface area contributed by atoms with Gasteiger partial charge < -0.3 is 5.32 Å². The lowest BCUT2D eigenvalue weighted by atomic mass is 10.0. The summed E-state index contributed by atoms with van der Waals surface area (Å²) in [7, 11) is 0. The highest BCUT2D eigenvalue weighted by Gasteiger charge is 2.26. The van der Waals surface area contributed by atoms with Gasteiger partial charge in [-0.3, -0.25) is 14.9 Å². The summed E-state index contributed by atoms with van der Waals surface area (Å²) < 4.78 is 0. The van der Waals surface area contributed by atoms with Gasteiger partial charge in [0.2, 0.25) is 11.0 Å². The number of halogens is 1. The molecule has 0 aliphatic carbocycles. The Hall–Kier alpha value is -1.99. The predicted molar refractivity (Wildman–Crippen MR) is 95.5 cm³/mol. The Morgan fingerprint density at radius 1 is 1.25 bits per heavy atom. The van der Waals surface area contributed by atoms with Gasteiger partial charge >= 0.3 is 0 Å². The van der Waals surface area contributed by atoms with E-state index in [1.165, 1.54) is 11.3 Å². The van der Waals surface area contributed by atoms with E-state index in [1.807, 2.05) is 20.8 Å². The largest absolute Gasteiger partial charge is 0.340 e. The lowest BCUT2D eigenvalue weighted by Gasteiger charge is -2.21. The van der Waals surface area contributed by atoms with Crippen LogP contribution >= 0.6 is 22.9 Å². The van der Waals surface area contributed by atoms with Gasteiger partial charge in [0.05, 0.1) is 10.6 Å². The predicted octanol–water partition coefficient (Wildman–Crippen LogP) is 3.15. The van der Waals surface area contributed by atoms with E-state index in [4.69, 9.17) is 11.6 Å². The average Bonchev–Trinajstić information content (AvgIpc) is 3.00. The first-order valence-electron chi connectivity index (χ1n) is 7.61. The summed E-state index contributed by atoms with van der Waals surface area (Å²) in [6.45, 7) is 5.68. The Balaban J connectivity index is 2.09. The second-order valence-electron chi connectivity index (χ2n) is 5.52. The first-order chi connectivity index (χ1) is 11.4. The fourth-order valence-electron chi connectivity index (χ4n) is 2.03. The average molecular weight is 367 g/mol. The third-order valence-corrected chi connectivity index (χ3v) is 4.67. The van der Waals surface area contributed by atoms with Gasteiger partial charge in [0.25, 0.3) is 5.91 Å². The number of nitrogens with zero attached hydrogens (tertiary/aromatic N) is 2. The minimum absolute atomic E-state index is 0.102. The van der Waals surface area contributed by atoms with E-state index in [0.717, 1.165) is 11.4 Å². The van der Waals surface area contributed by atoms with Crippen molar-refractivity contribution in [3.63, 3.8) is 0 Å². The number of hydrogen-bond donors (Lipinski definition) is 2. The molecule has 0 saturated heterocycles. The standard InChI is InChI=1S/C16H19ClN4O2S/c1-4-12-20-21-16(24-12)19-15(23)13(9(2)3)18-14(22)10-7-5-6-8-11(10)17/h5-9,13H,4H2,1-3H3,(H,18,22)(H,19,21,23)/t13-/m1/s1. The van der Waals surface area contributed by atoms with Crippen LogP contribution in [0.5, 0.6) is 0 Å². The molecule has 0 aliphatic rings. The van der Waals surface area contributed by atoms with Gasteiger partial charge in [-0.25, -0.2) is 0 Å². The summed E-state index contributed by atoms with van der Waals surface area (Å²) in [5, 5.41) is 14.9. The van der Waals surface area contributed by atoms with Gasteiger partial charge in [0.15, 0.2) is 0 Å². The van der Waals surface area contributed by atoms with Gasteiger partial charge in [-0.1, -0.05) is 55.8 Å². The summed E-state index contributed by atoms with van der Waals surface area (Å²) in [5.74, 6) is -0.819. The molecule has 1 atom stereocenters. The van der Waals surface area contributed by atoms with Gasteiger partial charge in [-0.15, -0.1) is 10.2 Å². The Kier molecular flexibility index (Phi) is 6.28. The van der Waals surface area contributed by atoms with Gasteiger partial charge in [0, 0.05) is 0 Å². The molecule has 2 N–H and O–H groups in total. The van der Waals surface area contributed by atoms with Gasteiger partial charge in [-0.2, -0.15) is 0 Å². The van der Waals surface area contributed by atoms with Crippen LogP contribution in [0.1, 0.15) is 36.1 Å². The molecule has 0 unspecified atom stereocenters. The topological polar surface area (TPSA) is 84.0 Å². The number of aryl methyl sites for hydroxylation is 1. The molecular weight excluding hydrogens is 348 g/mol. The Labute approximate surface area is 149 Å². The maximum Gasteiger partial charge on any atom is 0.253 e. The molecule has 24 heavy (non-hydrogen) atoms. The van der Waals surface area contributed by atoms with Crippen molar-refractivity contribution in [3.05, 3.63) is 39.9 Å². The van der Waals surface area contributed by atoms with E-state index in [9.17, 15) is 9.59 Å². The normalized spacial score (nSPS) is 12.0. The second kappa shape index (κ2) is 8.21. The minimum atomic E-state index is -0.706. The molecule has 2 aromatic rings. The summed E-state index contributed by atoms with van der Waals surface area (Å²) in [6, 6.07) is 6.01. The second-order valence-corrected chi connectivity index (χ2v) is 6.99. The fourth-order valence-corrected chi connectivity index (χ4v) is 2.93. The van der Waals surface area contributed by atoms with Crippen LogP contribution in [-0.4, -0.2) is 28.1 Å². The van der Waals surface area contributed by atoms with Gasteiger partial charge in [-0.05, 0) is 24.5 Å². The highest BCUT2D eigenvalue weighted by Crippen LogP contribution is 2.18. The first-order valence-corrected chi connectivity index (χ1v) is 8.80. The molecule has 0 radical (unpaired) electrons. The van der Waals surface area contributed by atoms with Crippen LogP contribution in [0.3, 0.4) is 0 Å². The first kappa shape index (κ1) is 18.4. The van der Waals surface area contributed by atoms with Gasteiger partial charge in [0.1, 0.15) is 11.0 Å². The zero-order chi connectivity index (χ0) is 17.7. The van der Waals surface area contributed by atoms with Crippen molar-refractivity contribution in [2.75, 3.05) is 5.32 Å². The van der Waals surface area contributed by atoms with Crippen LogP contribution in [-0.2, 0) is 11.2 Å². The molecule has 6 nitrogen and oxygen atoms in total. The molecular formula is C16H19ClN4O2S. The Morgan fingerprint density at radius 3 is 2.54 bits per heavy atom. The molecule has 0 aliphatic heterocycles. The van der Waals surface area contributed by atoms with Crippen molar-refractivity contribution >= 4 is 39.9 Å². The van der Waals surface area contributed by atoms with Crippen molar-refractivity contribution in [3.8, 4) is 0 Å². The molecule has 1 aromatic carbocycles.